The van der Waals surface area contributed by atoms with Gasteiger partial charge in [0.2, 0.25) is 0 Å². The van der Waals surface area contributed by atoms with Crippen LogP contribution < -0.4 is 56.5 Å². The zero-order valence-electron chi connectivity index (χ0n) is 28.2. The number of unbranched alkanes of at least 4 members (excludes halogenated alkanes) is 20. The van der Waals surface area contributed by atoms with Crippen LogP contribution in [0.25, 0.3) is 0 Å². The fourth-order valence-corrected chi connectivity index (χ4v) is 5.72. The Bertz CT molecular complexity index is 842. The summed E-state index contributed by atoms with van der Waals surface area (Å²) in [7, 11) is -3.57. The first-order chi connectivity index (χ1) is 20.4. The van der Waals surface area contributed by atoms with E-state index in [4.69, 9.17) is 4.18 Å². The van der Waals surface area contributed by atoms with E-state index in [-0.39, 0.29) is 69.3 Å². The van der Waals surface area contributed by atoms with Crippen LogP contribution in [0, 0.1) is 0 Å². The third-order valence-corrected chi connectivity index (χ3v) is 8.74. The molecule has 0 atom stereocenters. The molecule has 1 rings (SSSR count). The standard InChI is InChI=1S/C18H30O3S.C18H34O2.K/c1-2-3-4-5-6-7-8-9-10-14-17-21-22(19,20)18-15-12-11-13-16-18;1-2-3-4-5-6-7-8-9-10-11-12-13-14-15-16-17-18(19)20;/h11-13,15-16H,2-10,14,17H2,1H3;9-10H,2-8,11-17H2,1H3,(H,19,20);/q;;+1/p-1/b;10-9-;. The fraction of sp³-hybridized carbons (Fsp3) is 0.750. The minimum Gasteiger partial charge on any atom is -0.550 e. The maximum atomic E-state index is 11.9. The molecule has 0 radical (unpaired) electrons. The number of carbonyl (C=O) groups is 1. The average molecular weight is 647 g/mol. The second kappa shape index (κ2) is 34.8. The van der Waals surface area contributed by atoms with Gasteiger partial charge in [-0.25, -0.2) is 0 Å². The number of aliphatic carboxylic acids is 1. The Hall–Kier alpha value is -0.0236. The van der Waals surface area contributed by atoms with Crippen molar-refractivity contribution in [2.24, 2.45) is 0 Å². The summed E-state index contributed by atoms with van der Waals surface area (Å²) in [4.78, 5) is 10.5. The van der Waals surface area contributed by atoms with Crippen LogP contribution in [0.4, 0.5) is 0 Å². The van der Waals surface area contributed by atoms with Gasteiger partial charge in [-0.2, -0.15) is 8.42 Å². The number of hydrogen-bond donors (Lipinski definition) is 0. The van der Waals surface area contributed by atoms with Crippen molar-refractivity contribution in [3.8, 4) is 0 Å². The number of rotatable bonds is 28. The molecule has 0 aliphatic carbocycles. The molecule has 0 heterocycles. The molecule has 0 N–H and O–H groups in total. The molecule has 1 aromatic carbocycles. The third-order valence-electron chi connectivity index (χ3n) is 7.41. The number of allylic oxidation sites excluding steroid dienone is 2. The van der Waals surface area contributed by atoms with E-state index in [0.29, 0.717) is 0 Å². The van der Waals surface area contributed by atoms with Crippen LogP contribution >= 0.6 is 0 Å². The molecule has 0 amide bonds. The van der Waals surface area contributed by atoms with Gasteiger partial charge in [-0.15, -0.1) is 0 Å². The minimum absolute atomic E-state index is 0. The van der Waals surface area contributed by atoms with Crippen LogP contribution in [0.5, 0.6) is 0 Å². The predicted octanol–water partition coefficient (Wildman–Crippen LogP) is 7.09. The number of carboxylic acid groups (broad SMARTS) is 1. The second-order valence-corrected chi connectivity index (χ2v) is 13.1. The Morgan fingerprint density at radius 1 is 0.628 bits per heavy atom. The molecule has 0 aliphatic heterocycles. The Kier molecular flexibility index (Phi) is 36.5. The van der Waals surface area contributed by atoms with Crippen molar-refractivity contribution in [3.05, 3.63) is 42.5 Å². The fourth-order valence-electron chi connectivity index (χ4n) is 4.75. The van der Waals surface area contributed by atoms with E-state index in [1.54, 1.807) is 30.3 Å². The van der Waals surface area contributed by atoms with E-state index in [1.807, 2.05) is 0 Å². The summed E-state index contributed by atoms with van der Waals surface area (Å²) in [5.41, 5.74) is 0. The molecule has 7 heteroatoms. The van der Waals surface area contributed by atoms with Gasteiger partial charge in [-0.1, -0.05) is 153 Å². The summed E-state index contributed by atoms with van der Waals surface area (Å²) < 4.78 is 28.8. The van der Waals surface area contributed by atoms with Crippen molar-refractivity contribution in [3.63, 3.8) is 0 Å². The van der Waals surface area contributed by atoms with Gasteiger partial charge in [-0.3, -0.25) is 4.18 Å². The van der Waals surface area contributed by atoms with Crippen molar-refractivity contribution in [2.75, 3.05) is 6.61 Å². The van der Waals surface area contributed by atoms with Crippen LogP contribution in [-0.4, -0.2) is 21.0 Å². The molecule has 43 heavy (non-hydrogen) atoms. The SMILES string of the molecule is CCCCCCCC/C=C\CCCCCCCC(=O)[O-].CCCCCCCCCCCCOS(=O)(=O)c1ccccc1.[K+]. The van der Waals surface area contributed by atoms with Crippen molar-refractivity contribution >= 4 is 16.1 Å². The molecule has 0 saturated carbocycles. The maximum Gasteiger partial charge on any atom is 1.00 e. The van der Waals surface area contributed by atoms with E-state index < -0.39 is 16.1 Å². The van der Waals surface area contributed by atoms with Gasteiger partial charge in [0.25, 0.3) is 10.1 Å². The first-order valence-electron chi connectivity index (χ1n) is 17.2. The van der Waals surface area contributed by atoms with Crippen LogP contribution in [-0.2, 0) is 19.1 Å². The normalized spacial score (nSPS) is 11.2. The molecule has 0 bridgehead atoms. The molecule has 0 spiro atoms. The Balaban J connectivity index is 0. The van der Waals surface area contributed by atoms with Crippen LogP contribution in [0.3, 0.4) is 0 Å². The van der Waals surface area contributed by atoms with E-state index in [0.717, 1.165) is 32.1 Å². The van der Waals surface area contributed by atoms with E-state index >= 15 is 0 Å². The first-order valence-corrected chi connectivity index (χ1v) is 18.6. The predicted molar refractivity (Wildman–Crippen MR) is 176 cm³/mol. The number of carboxylic acids is 1. The second-order valence-electron chi connectivity index (χ2n) is 11.5. The van der Waals surface area contributed by atoms with Gasteiger partial charge in [0.05, 0.1) is 11.5 Å². The van der Waals surface area contributed by atoms with E-state index in [9.17, 15) is 18.3 Å². The van der Waals surface area contributed by atoms with Crippen LogP contribution in [0.1, 0.15) is 168 Å². The maximum absolute atomic E-state index is 11.9. The topological polar surface area (TPSA) is 83.5 Å². The Morgan fingerprint density at radius 2 is 1.02 bits per heavy atom. The zero-order chi connectivity index (χ0) is 31.0. The van der Waals surface area contributed by atoms with Crippen LogP contribution in [0.2, 0.25) is 0 Å². The van der Waals surface area contributed by atoms with Gasteiger partial charge in [0.1, 0.15) is 0 Å². The first kappa shape index (κ1) is 45.1. The Morgan fingerprint density at radius 3 is 1.47 bits per heavy atom. The molecule has 1 aromatic rings. The average Bonchev–Trinajstić information content (AvgIpc) is 2.98. The van der Waals surface area contributed by atoms with Crippen LogP contribution in [0.15, 0.2) is 47.4 Å². The molecule has 0 aliphatic rings. The van der Waals surface area contributed by atoms with E-state index in [1.165, 1.54) is 116 Å². The molecular weight excluding hydrogens is 584 g/mol. The van der Waals surface area contributed by atoms with Crippen molar-refractivity contribution in [2.45, 2.75) is 173 Å². The molecule has 0 aromatic heterocycles. The Labute approximate surface area is 309 Å². The summed E-state index contributed by atoms with van der Waals surface area (Å²) in [5, 5.41) is 10.2. The number of benzene rings is 1. The minimum atomic E-state index is -3.57. The molecule has 5 nitrogen and oxygen atoms in total. The zero-order valence-corrected chi connectivity index (χ0v) is 32.1. The van der Waals surface area contributed by atoms with Crippen molar-refractivity contribution in [1.29, 1.82) is 0 Å². The van der Waals surface area contributed by atoms with Gasteiger partial charge in [-0.05, 0) is 57.1 Å². The van der Waals surface area contributed by atoms with Crippen molar-refractivity contribution < 1.29 is 73.9 Å². The number of carbonyl (C=O) groups excluding carboxylic acids is 1. The third kappa shape index (κ3) is 33.2. The summed E-state index contributed by atoms with van der Waals surface area (Å²) in [6.07, 6.45) is 33.2. The summed E-state index contributed by atoms with van der Waals surface area (Å²) in [6, 6.07) is 8.33. The quantitative estimate of drug-likeness (QED) is 0.0420. The van der Waals surface area contributed by atoms with Gasteiger partial charge in [0, 0.05) is 5.97 Å². The summed E-state index contributed by atoms with van der Waals surface area (Å²) in [5.74, 6) is -0.914. The molecule has 0 saturated heterocycles. The molecule has 0 fully saturated rings. The largest absolute Gasteiger partial charge is 1.00 e. The monoisotopic (exact) mass is 646 g/mol. The van der Waals surface area contributed by atoms with Crippen molar-refractivity contribution in [1.82, 2.24) is 0 Å². The van der Waals surface area contributed by atoms with Gasteiger partial charge in [0.15, 0.2) is 0 Å². The molecular formula is C36H63KO5S. The van der Waals surface area contributed by atoms with Gasteiger partial charge >= 0.3 is 51.4 Å². The van der Waals surface area contributed by atoms with E-state index in [2.05, 4.69) is 26.0 Å². The summed E-state index contributed by atoms with van der Waals surface area (Å²) >= 11 is 0. The summed E-state index contributed by atoms with van der Waals surface area (Å²) in [6.45, 7) is 4.78. The number of hydrogen-bond acceptors (Lipinski definition) is 5. The smallest absolute Gasteiger partial charge is 0.550 e. The molecule has 0 unspecified atom stereocenters. The molecule has 244 valence electrons. The van der Waals surface area contributed by atoms with Gasteiger partial charge < -0.3 is 9.90 Å².